The molecule has 0 amide bonds. The van der Waals surface area contributed by atoms with Gasteiger partial charge in [-0.1, -0.05) is 12.1 Å². The third-order valence-corrected chi connectivity index (χ3v) is 7.20. The summed E-state index contributed by atoms with van der Waals surface area (Å²) in [6.45, 7) is 7.37. The lowest BCUT2D eigenvalue weighted by Crippen LogP contribution is -2.23. The minimum Gasteiger partial charge on any atom is -0.325 e. The van der Waals surface area contributed by atoms with Crippen LogP contribution in [0.4, 0.5) is 11.6 Å². The molecule has 1 N–H and O–H groups in total. The Morgan fingerprint density at radius 2 is 2.00 bits per heavy atom. The molecule has 5 rings (SSSR count). The summed E-state index contributed by atoms with van der Waals surface area (Å²) in [6, 6.07) is 10.3. The lowest BCUT2D eigenvalue weighted by Gasteiger charge is -2.14. The van der Waals surface area contributed by atoms with Crippen LogP contribution in [0, 0.1) is 13.8 Å². The van der Waals surface area contributed by atoms with Crippen LogP contribution < -0.4 is 10.9 Å². The van der Waals surface area contributed by atoms with Gasteiger partial charge in [-0.05, 0) is 75.8 Å². The number of aromatic nitrogens is 4. The van der Waals surface area contributed by atoms with E-state index in [2.05, 4.69) is 35.5 Å². The van der Waals surface area contributed by atoms with Gasteiger partial charge in [0.1, 0.15) is 4.83 Å². The molecule has 3 heterocycles. The molecule has 4 aromatic rings. The van der Waals surface area contributed by atoms with Crippen molar-refractivity contribution in [3.8, 4) is 0 Å². The number of nitrogens with one attached hydrogen (secondary N) is 1. The highest BCUT2D eigenvalue weighted by molar-refractivity contribution is 7.18. The number of anilines is 2. The molecule has 0 aliphatic heterocycles. The molecule has 0 fully saturated rings. The summed E-state index contributed by atoms with van der Waals surface area (Å²) in [6.07, 6.45) is 4.43. The van der Waals surface area contributed by atoms with Gasteiger partial charge in [0.2, 0.25) is 5.95 Å². The fourth-order valence-electron chi connectivity index (χ4n) is 4.51. The molecule has 1 aliphatic carbocycles. The van der Waals surface area contributed by atoms with Crippen molar-refractivity contribution < 1.29 is 0 Å². The molecule has 1 aromatic carbocycles. The fourth-order valence-corrected chi connectivity index (χ4v) is 5.76. The zero-order valence-corrected chi connectivity index (χ0v) is 19.1. The van der Waals surface area contributed by atoms with Crippen molar-refractivity contribution in [1.82, 2.24) is 19.3 Å². The van der Waals surface area contributed by atoms with Gasteiger partial charge in [-0.3, -0.25) is 14.0 Å². The number of aryl methyl sites for hydroxylation is 4. The van der Waals surface area contributed by atoms with Gasteiger partial charge in [0, 0.05) is 22.8 Å². The van der Waals surface area contributed by atoms with Crippen LogP contribution >= 0.6 is 11.3 Å². The molecule has 7 heteroatoms. The van der Waals surface area contributed by atoms with E-state index in [1.165, 1.54) is 16.9 Å². The van der Waals surface area contributed by atoms with Crippen LogP contribution in [0.3, 0.4) is 0 Å². The van der Waals surface area contributed by atoms with E-state index in [0.717, 1.165) is 52.1 Å². The van der Waals surface area contributed by atoms with E-state index in [9.17, 15) is 4.79 Å². The number of hydrogen-bond donors (Lipinski definition) is 1. The van der Waals surface area contributed by atoms with Gasteiger partial charge in [-0.15, -0.1) is 11.3 Å². The topological polar surface area (TPSA) is 64.7 Å². The molecule has 0 spiro atoms. The van der Waals surface area contributed by atoms with Crippen molar-refractivity contribution >= 4 is 33.2 Å². The summed E-state index contributed by atoms with van der Waals surface area (Å²) in [7, 11) is 0. The van der Waals surface area contributed by atoms with Gasteiger partial charge in [-0.25, -0.2) is 4.98 Å². The van der Waals surface area contributed by atoms with E-state index in [0.29, 0.717) is 19.0 Å². The van der Waals surface area contributed by atoms with Crippen LogP contribution in [-0.4, -0.2) is 19.3 Å². The zero-order valence-electron chi connectivity index (χ0n) is 18.2. The predicted octanol–water partition coefficient (Wildman–Crippen LogP) is 4.96. The number of benzene rings is 1. The maximum Gasteiger partial charge on any atom is 0.263 e. The van der Waals surface area contributed by atoms with Crippen LogP contribution in [0.5, 0.6) is 0 Å². The summed E-state index contributed by atoms with van der Waals surface area (Å²) < 4.78 is 3.77. The Balaban J connectivity index is 1.50. The molecule has 0 saturated carbocycles. The van der Waals surface area contributed by atoms with Crippen LogP contribution in [-0.2, 0) is 25.9 Å². The third kappa shape index (κ3) is 3.67. The van der Waals surface area contributed by atoms with Crippen molar-refractivity contribution in [2.45, 2.75) is 59.5 Å². The average Bonchev–Trinajstić information content (AvgIpc) is 3.27. The maximum atomic E-state index is 13.3. The highest BCUT2D eigenvalue weighted by Gasteiger charge is 2.21. The lowest BCUT2D eigenvalue weighted by molar-refractivity contribution is 0.659. The van der Waals surface area contributed by atoms with Crippen molar-refractivity contribution in [2.75, 3.05) is 5.32 Å². The first-order valence-electron chi connectivity index (χ1n) is 11.0. The van der Waals surface area contributed by atoms with E-state index in [1.54, 1.807) is 15.9 Å². The number of nitrogens with zero attached hydrogens (tertiary/aromatic N) is 4. The molecule has 31 heavy (non-hydrogen) atoms. The average molecular weight is 434 g/mol. The zero-order chi connectivity index (χ0) is 21.5. The molecule has 160 valence electrons. The van der Waals surface area contributed by atoms with Gasteiger partial charge in [0.05, 0.1) is 17.6 Å². The highest BCUT2D eigenvalue weighted by Crippen LogP contribution is 2.34. The van der Waals surface area contributed by atoms with Gasteiger partial charge in [0.25, 0.3) is 5.56 Å². The van der Waals surface area contributed by atoms with Gasteiger partial charge in [0.15, 0.2) is 0 Å². The van der Waals surface area contributed by atoms with E-state index < -0.39 is 0 Å². The Labute approximate surface area is 185 Å². The Morgan fingerprint density at radius 1 is 1.16 bits per heavy atom. The van der Waals surface area contributed by atoms with Crippen LogP contribution in [0.15, 0.2) is 35.1 Å². The summed E-state index contributed by atoms with van der Waals surface area (Å²) >= 11 is 1.69. The molecule has 0 radical (unpaired) electrons. The maximum absolute atomic E-state index is 13.3. The first-order chi connectivity index (χ1) is 15.0. The predicted molar refractivity (Wildman–Crippen MR) is 127 cm³/mol. The Kier molecular flexibility index (Phi) is 5.14. The minimum absolute atomic E-state index is 0.0770. The smallest absolute Gasteiger partial charge is 0.263 e. The molecule has 0 bridgehead atoms. The monoisotopic (exact) mass is 433 g/mol. The molecule has 0 atom stereocenters. The summed E-state index contributed by atoms with van der Waals surface area (Å²) in [5, 5.41) is 8.81. The molecule has 6 nitrogen and oxygen atoms in total. The van der Waals surface area contributed by atoms with E-state index in [1.807, 2.05) is 30.7 Å². The van der Waals surface area contributed by atoms with Crippen molar-refractivity contribution in [3.63, 3.8) is 0 Å². The molecular formula is C24H27N5OS. The molecule has 0 saturated heterocycles. The van der Waals surface area contributed by atoms with E-state index in [-0.39, 0.29) is 5.56 Å². The lowest BCUT2D eigenvalue weighted by atomic mass is 9.97. The summed E-state index contributed by atoms with van der Waals surface area (Å²) in [5.41, 5.74) is 5.56. The second-order valence-corrected chi connectivity index (χ2v) is 9.37. The summed E-state index contributed by atoms with van der Waals surface area (Å²) in [4.78, 5) is 20.4. The number of rotatable bonds is 5. The third-order valence-electron chi connectivity index (χ3n) is 6.01. The SMILES string of the molecule is CCn1c(Nc2cccc(Cn3nc(C)cc3C)c2)nc2sc3c(c2c1=O)CCCC3. The van der Waals surface area contributed by atoms with Gasteiger partial charge < -0.3 is 5.32 Å². The van der Waals surface area contributed by atoms with E-state index >= 15 is 0 Å². The Hall–Kier alpha value is -2.93. The molecule has 1 aliphatic rings. The molecule has 3 aromatic heterocycles. The fraction of sp³-hybridized carbons (Fsp3) is 0.375. The number of fused-ring (bicyclic) bond motifs is 3. The second-order valence-electron chi connectivity index (χ2n) is 8.29. The van der Waals surface area contributed by atoms with Crippen molar-refractivity contribution in [3.05, 3.63) is 68.1 Å². The quantitative estimate of drug-likeness (QED) is 0.483. The minimum atomic E-state index is 0.0770. The Bertz CT molecular complexity index is 1330. The summed E-state index contributed by atoms with van der Waals surface area (Å²) in [5.74, 6) is 0.613. The largest absolute Gasteiger partial charge is 0.325 e. The Morgan fingerprint density at radius 3 is 2.77 bits per heavy atom. The van der Waals surface area contributed by atoms with Crippen LogP contribution in [0.25, 0.3) is 10.2 Å². The number of thiophene rings is 1. The van der Waals surface area contributed by atoms with Gasteiger partial charge >= 0.3 is 0 Å². The first-order valence-corrected chi connectivity index (χ1v) is 11.8. The van der Waals surface area contributed by atoms with Crippen LogP contribution in [0.2, 0.25) is 0 Å². The second kappa shape index (κ2) is 7.96. The van der Waals surface area contributed by atoms with Gasteiger partial charge in [-0.2, -0.15) is 5.10 Å². The molecule has 0 unspecified atom stereocenters. The standard InChI is InChI=1S/C24H27N5OS/c1-4-28-23(30)21-19-10-5-6-11-20(19)31-22(21)26-24(28)25-18-9-7-8-17(13-18)14-29-16(3)12-15(2)27-29/h7-9,12-13H,4-6,10-11,14H2,1-3H3,(H,25,26). The number of hydrogen-bond acceptors (Lipinski definition) is 5. The van der Waals surface area contributed by atoms with Crippen molar-refractivity contribution in [1.29, 1.82) is 0 Å². The van der Waals surface area contributed by atoms with Crippen LogP contribution in [0.1, 0.15) is 47.2 Å². The first kappa shape index (κ1) is 20.0. The van der Waals surface area contributed by atoms with Crippen molar-refractivity contribution in [2.24, 2.45) is 0 Å². The van der Waals surface area contributed by atoms with E-state index in [4.69, 9.17) is 4.98 Å². The molecular weight excluding hydrogens is 406 g/mol. The normalized spacial score (nSPS) is 13.5. The highest BCUT2D eigenvalue weighted by atomic mass is 32.1.